The van der Waals surface area contributed by atoms with Crippen molar-refractivity contribution in [2.75, 3.05) is 19.6 Å². The van der Waals surface area contributed by atoms with Gasteiger partial charge in [-0.05, 0) is 20.3 Å². The van der Waals surface area contributed by atoms with Crippen molar-refractivity contribution in [1.29, 1.82) is 0 Å². The maximum atomic E-state index is 11.8. The number of nitrogens with zero attached hydrogens (tertiary/aromatic N) is 1. The second-order valence-electron chi connectivity index (χ2n) is 4.24. The summed E-state index contributed by atoms with van der Waals surface area (Å²) in [4.78, 5) is 35.1. The molecule has 0 saturated heterocycles. The minimum Gasteiger partial charge on any atom is -0.481 e. The lowest BCUT2D eigenvalue weighted by molar-refractivity contribution is -0.138. The molecule has 0 spiro atoms. The van der Waals surface area contributed by atoms with Gasteiger partial charge in [0, 0.05) is 19.1 Å². The highest BCUT2D eigenvalue weighted by Crippen LogP contribution is 2.03. The van der Waals surface area contributed by atoms with Crippen LogP contribution in [-0.2, 0) is 9.59 Å². The molecule has 0 aliphatic carbocycles. The first-order chi connectivity index (χ1) is 8.92. The average molecular weight is 273 g/mol. The molecule has 19 heavy (non-hydrogen) atoms. The molecule has 0 heterocycles. The van der Waals surface area contributed by atoms with Crippen molar-refractivity contribution in [1.82, 2.24) is 15.5 Å². The van der Waals surface area contributed by atoms with Crippen molar-refractivity contribution in [3.63, 3.8) is 0 Å². The van der Waals surface area contributed by atoms with Gasteiger partial charge in [-0.1, -0.05) is 6.92 Å². The second kappa shape index (κ2) is 9.18. The zero-order valence-electron chi connectivity index (χ0n) is 11.7. The zero-order chi connectivity index (χ0) is 14.8. The van der Waals surface area contributed by atoms with Crippen LogP contribution in [0.25, 0.3) is 0 Å². The quantitative estimate of drug-likeness (QED) is 0.596. The Labute approximate surface area is 113 Å². The molecule has 1 unspecified atom stereocenters. The van der Waals surface area contributed by atoms with Crippen LogP contribution >= 0.6 is 0 Å². The van der Waals surface area contributed by atoms with E-state index in [1.807, 2.05) is 6.92 Å². The zero-order valence-corrected chi connectivity index (χ0v) is 11.7. The molecule has 110 valence electrons. The third-order valence-electron chi connectivity index (χ3n) is 2.58. The summed E-state index contributed by atoms with van der Waals surface area (Å²) in [5.41, 5.74) is 0. The number of hydrogen-bond acceptors (Lipinski definition) is 3. The van der Waals surface area contributed by atoms with Crippen molar-refractivity contribution in [2.45, 2.75) is 39.7 Å². The van der Waals surface area contributed by atoms with Crippen molar-refractivity contribution in [3.8, 4) is 0 Å². The summed E-state index contributed by atoms with van der Waals surface area (Å²) in [5.74, 6) is -1.21. The van der Waals surface area contributed by atoms with E-state index in [-0.39, 0.29) is 18.9 Å². The maximum absolute atomic E-state index is 11.8. The Morgan fingerprint density at radius 1 is 1.21 bits per heavy atom. The van der Waals surface area contributed by atoms with Crippen LogP contribution in [0.3, 0.4) is 0 Å². The lowest BCUT2D eigenvalue weighted by Gasteiger charge is -2.27. The van der Waals surface area contributed by atoms with E-state index in [0.717, 1.165) is 6.42 Å². The summed E-state index contributed by atoms with van der Waals surface area (Å²) >= 11 is 0. The predicted molar refractivity (Wildman–Crippen MR) is 70.8 cm³/mol. The molecule has 0 fully saturated rings. The van der Waals surface area contributed by atoms with Crippen LogP contribution in [0, 0.1) is 0 Å². The Kier molecular flexibility index (Phi) is 8.32. The molecule has 0 aromatic rings. The average Bonchev–Trinajstić information content (AvgIpc) is 2.33. The van der Waals surface area contributed by atoms with Crippen molar-refractivity contribution < 1.29 is 19.5 Å². The van der Waals surface area contributed by atoms with Crippen LogP contribution in [0.5, 0.6) is 0 Å². The molecule has 0 aliphatic rings. The summed E-state index contributed by atoms with van der Waals surface area (Å²) in [6.07, 6.45) is 0.708. The lowest BCUT2D eigenvalue weighted by Crippen LogP contribution is -2.48. The molecule has 0 aliphatic heterocycles. The third kappa shape index (κ3) is 7.28. The van der Waals surface area contributed by atoms with E-state index in [2.05, 4.69) is 10.6 Å². The fourth-order valence-electron chi connectivity index (χ4n) is 1.60. The van der Waals surface area contributed by atoms with Gasteiger partial charge in [-0.15, -0.1) is 0 Å². The molecule has 3 N–H and O–H groups in total. The van der Waals surface area contributed by atoms with Gasteiger partial charge in [0.25, 0.3) is 0 Å². The largest absolute Gasteiger partial charge is 0.481 e. The van der Waals surface area contributed by atoms with Crippen LogP contribution in [-0.4, -0.2) is 53.6 Å². The summed E-state index contributed by atoms with van der Waals surface area (Å²) in [7, 11) is 0. The fraction of sp³-hybridized carbons (Fsp3) is 0.750. The van der Waals surface area contributed by atoms with E-state index in [9.17, 15) is 14.4 Å². The Hall–Kier alpha value is -1.79. The number of amides is 3. The second-order valence-corrected chi connectivity index (χ2v) is 4.24. The molecule has 7 heteroatoms. The highest BCUT2D eigenvalue weighted by Gasteiger charge is 2.20. The van der Waals surface area contributed by atoms with E-state index < -0.39 is 18.0 Å². The van der Waals surface area contributed by atoms with Gasteiger partial charge in [0.2, 0.25) is 5.91 Å². The van der Waals surface area contributed by atoms with Crippen LogP contribution in [0.2, 0.25) is 0 Å². The van der Waals surface area contributed by atoms with E-state index in [1.165, 1.54) is 4.90 Å². The first-order valence-corrected chi connectivity index (χ1v) is 6.45. The van der Waals surface area contributed by atoms with Crippen LogP contribution < -0.4 is 10.6 Å². The van der Waals surface area contributed by atoms with Crippen molar-refractivity contribution in [2.24, 2.45) is 0 Å². The predicted octanol–water partition coefficient (Wildman–Crippen LogP) is 0.407. The highest BCUT2D eigenvalue weighted by atomic mass is 16.4. The van der Waals surface area contributed by atoms with Crippen LogP contribution in [0.15, 0.2) is 0 Å². The molecule has 3 amide bonds. The smallest absolute Gasteiger partial charge is 0.318 e. The van der Waals surface area contributed by atoms with Gasteiger partial charge in [-0.25, -0.2) is 4.79 Å². The SMILES string of the molecule is CCCNC(=O)CNC(=O)N(CC)C(C)CC(=O)O. The number of carboxylic acids is 1. The third-order valence-corrected chi connectivity index (χ3v) is 2.58. The molecule has 0 aromatic carbocycles. The van der Waals surface area contributed by atoms with E-state index in [4.69, 9.17) is 5.11 Å². The van der Waals surface area contributed by atoms with Gasteiger partial charge in [0.1, 0.15) is 0 Å². The van der Waals surface area contributed by atoms with Gasteiger partial charge in [-0.2, -0.15) is 0 Å². The van der Waals surface area contributed by atoms with Crippen molar-refractivity contribution >= 4 is 17.9 Å². The van der Waals surface area contributed by atoms with Gasteiger partial charge in [-0.3, -0.25) is 9.59 Å². The maximum Gasteiger partial charge on any atom is 0.318 e. The monoisotopic (exact) mass is 273 g/mol. The summed E-state index contributed by atoms with van der Waals surface area (Å²) in [5, 5.41) is 13.8. The number of rotatable bonds is 8. The van der Waals surface area contributed by atoms with Crippen LogP contribution in [0.4, 0.5) is 4.79 Å². The normalized spacial score (nSPS) is 11.5. The van der Waals surface area contributed by atoms with Gasteiger partial charge < -0.3 is 20.6 Å². The minimum atomic E-state index is -0.959. The molecular weight excluding hydrogens is 250 g/mol. The minimum absolute atomic E-state index is 0.102. The first-order valence-electron chi connectivity index (χ1n) is 6.45. The molecule has 0 radical (unpaired) electrons. The van der Waals surface area contributed by atoms with E-state index in [0.29, 0.717) is 13.1 Å². The number of carbonyl (C=O) groups excluding carboxylic acids is 2. The van der Waals surface area contributed by atoms with Crippen molar-refractivity contribution in [3.05, 3.63) is 0 Å². The Morgan fingerprint density at radius 3 is 2.32 bits per heavy atom. The molecule has 1 atom stereocenters. The number of nitrogens with one attached hydrogen (secondary N) is 2. The number of urea groups is 1. The van der Waals surface area contributed by atoms with Gasteiger partial charge in [0.05, 0.1) is 13.0 Å². The van der Waals surface area contributed by atoms with E-state index >= 15 is 0 Å². The Balaban J connectivity index is 4.21. The highest BCUT2D eigenvalue weighted by molar-refractivity contribution is 5.84. The number of hydrogen-bond donors (Lipinski definition) is 3. The Morgan fingerprint density at radius 2 is 1.84 bits per heavy atom. The molecule has 0 rings (SSSR count). The lowest BCUT2D eigenvalue weighted by atomic mass is 10.2. The molecule has 7 nitrogen and oxygen atoms in total. The topological polar surface area (TPSA) is 98.7 Å². The number of aliphatic carboxylic acids is 1. The summed E-state index contributed by atoms with van der Waals surface area (Å²) < 4.78 is 0. The Bertz CT molecular complexity index is 320. The van der Waals surface area contributed by atoms with Gasteiger partial charge in [0.15, 0.2) is 0 Å². The molecular formula is C12H23N3O4. The van der Waals surface area contributed by atoms with E-state index in [1.54, 1.807) is 13.8 Å². The standard InChI is InChI=1S/C12H23N3O4/c1-4-6-13-10(16)8-14-12(19)15(5-2)9(3)7-11(17)18/h9H,4-8H2,1-3H3,(H,13,16)(H,14,19)(H,17,18). The first kappa shape index (κ1) is 17.2. The fourth-order valence-corrected chi connectivity index (χ4v) is 1.60. The molecule has 0 saturated carbocycles. The summed E-state index contributed by atoms with van der Waals surface area (Å²) in [6.45, 7) is 6.21. The van der Waals surface area contributed by atoms with Gasteiger partial charge >= 0.3 is 12.0 Å². The number of carboxylic acid groups (broad SMARTS) is 1. The summed E-state index contributed by atoms with van der Waals surface area (Å²) in [6, 6.07) is -0.843. The van der Waals surface area contributed by atoms with Crippen LogP contribution in [0.1, 0.15) is 33.6 Å². The number of carbonyl (C=O) groups is 3. The molecule has 0 aromatic heterocycles. The molecule has 0 bridgehead atoms.